The van der Waals surface area contributed by atoms with E-state index in [0.29, 0.717) is 4.86 Å². The van der Waals surface area contributed by atoms with Gasteiger partial charge in [-0.15, -0.1) is 0 Å². The third-order valence-electron chi connectivity index (χ3n) is 3.15. The Labute approximate surface area is 120 Å². The molecule has 0 spiro atoms. The van der Waals surface area contributed by atoms with Crippen LogP contribution < -0.4 is 0 Å². The molecule has 0 saturated heterocycles. The van der Waals surface area contributed by atoms with Gasteiger partial charge in [-0.3, -0.25) is 10.1 Å². The number of non-ortho nitro benzene ring substituents is 1. The minimum atomic E-state index is -1.37. The number of azo groups is 1. The maximum atomic E-state index is 12.0. The standard InChI is InChI=1S/C13H15N3O5/c1-12(2)8-13(3,16(20)14-12)21-11(17)9-4-6-10(7-5-9)15(18)19/h4-7H,8H2,1-3H3. The summed E-state index contributed by atoms with van der Waals surface area (Å²) in [5, 5.41) is 26.2. The van der Waals surface area contributed by atoms with Crippen LogP contribution in [0.25, 0.3) is 0 Å². The van der Waals surface area contributed by atoms with Crippen molar-refractivity contribution in [1.82, 2.24) is 0 Å². The zero-order valence-corrected chi connectivity index (χ0v) is 11.9. The lowest BCUT2D eigenvalue weighted by Gasteiger charge is -2.21. The van der Waals surface area contributed by atoms with Gasteiger partial charge in [-0.25, -0.2) is 4.79 Å². The van der Waals surface area contributed by atoms with Gasteiger partial charge in [0.15, 0.2) is 0 Å². The van der Waals surface area contributed by atoms with Crippen LogP contribution in [-0.4, -0.2) is 27.0 Å². The Bertz CT molecular complexity index is 623. The molecule has 0 amide bonds. The number of hydroxylamine groups is 1. The molecule has 0 fully saturated rings. The fourth-order valence-electron chi connectivity index (χ4n) is 2.31. The number of hydrogen-bond donors (Lipinski definition) is 0. The average molecular weight is 293 g/mol. The Morgan fingerprint density at radius 1 is 1.33 bits per heavy atom. The second-order valence-electron chi connectivity index (χ2n) is 5.73. The fourth-order valence-corrected chi connectivity index (χ4v) is 2.31. The molecule has 0 saturated carbocycles. The van der Waals surface area contributed by atoms with E-state index in [1.807, 2.05) is 0 Å². The number of ether oxygens (including phenoxy) is 1. The summed E-state index contributed by atoms with van der Waals surface area (Å²) in [6.07, 6.45) is 0.266. The van der Waals surface area contributed by atoms with Crippen molar-refractivity contribution in [2.24, 2.45) is 5.11 Å². The molecule has 1 aliphatic heterocycles. The van der Waals surface area contributed by atoms with Crippen molar-refractivity contribution in [2.45, 2.75) is 38.5 Å². The molecule has 0 aromatic heterocycles. The van der Waals surface area contributed by atoms with Gasteiger partial charge in [0.25, 0.3) is 5.69 Å². The predicted octanol–water partition coefficient (Wildman–Crippen LogP) is 2.61. The zero-order chi connectivity index (χ0) is 15.8. The SMILES string of the molecule is CC1(C)CC(C)(OC(=O)c2ccc([N+](=O)[O-])cc2)[N+]([O-])=N1. The minimum Gasteiger partial charge on any atom is -0.597 e. The van der Waals surface area contributed by atoms with Crippen LogP contribution in [-0.2, 0) is 4.74 Å². The van der Waals surface area contributed by atoms with Gasteiger partial charge in [-0.1, -0.05) is 4.86 Å². The Morgan fingerprint density at radius 2 is 1.90 bits per heavy atom. The first-order chi connectivity index (χ1) is 9.63. The molecular formula is C13H15N3O5. The van der Waals surface area contributed by atoms with E-state index >= 15 is 0 Å². The third-order valence-corrected chi connectivity index (χ3v) is 3.15. The summed E-state index contributed by atoms with van der Waals surface area (Å²) >= 11 is 0. The van der Waals surface area contributed by atoms with Crippen molar-refractivity contribution in [3.05, 3.63) is 45.2 Å². The predicted molar refractivity (Wildman–Crippen MR) is 71.7 cm³/mol. The molecule has 1 aromatic rings. The normalized spacial score (nSPS) is 23.5. The highest BCUT2D eigenvalue weighted by Gasteiger charge is 2.52. The van der Waals surface area contributed by atoms with E-state index in [0.717, 1.165) is 0 Å². The van der Waals surface area contributed by atoms with Gasteiger partial charge in [0.2, 0.25) is 0 Å². The molecule has 0 aliphatic carbocycles. The molecule has 112 valence electrons. The van der Waals surface area contributed by atoms with Crippen LogP contribution in [0.2, 0.25) is 0 Å². The van der Waals surface area contributed by atoms with Crippen molar-refractivity contribution in [1.29, 1.82) is 0 Å². The number of nitro groups is 1. The van der Waals surface area contributed by atoms with E-state index in [4.69, 9.17) is 4.74 Å². The van der Waals surface area contributed by atoms with Crippen LogP contribution in [0.5, 0.6) is 0 Å². The zero-order valence-electron chi connectivity index (χ0n) is 11.9. The maximum absolute atomic E-state index is 12.0. The maximum Gasteiger partial charge on any atom is 0.343 e. The molecule has 0 N–H and O–H groups in total. The number of carbonyl (C=O) groups excluding carboxylic acids is 1. The second-order valence-corrected chi connectivity index (χ2v) is 5.73. The molecule has 0 radical (unpaired) electrons. The second kappa shape index (κ2) is 4.80. The Hall–Kier alpha value is -2.51. The molecule has 0 bridgehead atoms. The van der Waals surface area contributed by atoms with E-state index in [-0.39, 0.29) is 17.7 Å². The van der Waals surface area contributed by atoms with Gasteiger partial charge >= 0.3 is 11.7 Å². The number of rotatable bonds is 3. The lowest BCUT2D eigenvalue weighted by molar-refractivity contribution is -0.637. The number of benzene rings is 1. The molecule has 1 aliphatic rings. The van der Waals surface area contributed by atoms with Crippen LogP contribution in [0.1, 0.15) is 37.6 Å². The van der Waals surface area contributed by atoms with E-state index < -0.39 is 22.2 Å². The number of esters is 1. The van der Waals surface area contributed by atoms with Gasteiger partial charge in [0, 0.05) is 19.1 Å². The van der Waals surface area contributed by atoms with Crippen molar-refractivity contribution >= 4 is 11.7 Å². The topological polar surface area (TPSA) is 108 Å². The van der Waals surface area contributed by atoms with Gasteiger partial charge in [0.05, 0.1) is 16.9 Å². The van der Waals surface area contributed by atoms with E-state index in [2.05, 4.69) is 5.11 Å². The Kier molecular flexibility index (Phi) is 3.40. The van der Waals surface area contributed by atoms with Crippen molar-refractivity contribution in [3.8, 4) is 0 Å². The molecule has 8 nitrogen and oxygen atoms in total. The summed E-state index contributed by atoms with van der Waals surface area (Å²) in [4.78, 5) is 22.4. The smallest absolute Gasteiger partial charge is 0.343 e. The van der Waals surface area contributed by atoms with Crippen molar-refractivity contribution in [3.63, 3.8) is 0 Å². The van der Waals surface area contributed by atoms with Gasteiger partial charge in [0.1, 0.15) is 5.54 Å². The van der Waals surface area contributed by atoms with Crippen molar-refractivity contribution in [2.75, 3.05) is 0 Å². The van der Waals surface area contributed by atoms with Crippen LogP contribution in [0.4, 0.5) is 5.69 Å². The number of carbonyl (C=O) groups is 1. The monoisotopic (exact) mass is 293 g/mol. The largest absolute Gasteiger partial charge is 0.597 e. The number of nitrogens with zero attached hydrogens (tertiary/aromatic N) is 3. The summed E-state index contributed by atoms with van der Waals surface area (Å²) in [7, 11) is 0. The van der Waals surface area contributed by atoms with E-state index in [9.17, 15) is 20.1 Å². The highest BCUT2D eigenvalue weighted by molar-refractivity contribution is 5.89. The summed E-state index contributed by atoms with van der Waals surface area (Å²) < 4.78 is 5.24. The van der Waals surface area contributed by atoms with Crippen molar-refractivity contribution < 1.29 is 19.3 Å². The minimum absolute atomic E-state index is 0.125. The Morgan fingerprint density at radius 3 is 2.33 bits per heavy atom. The first-order valence-corrected chi connectivity index (χ1v) is 6.31. The van der Waals surface area contributed by atoms with Crippen LogP contribution in [0.3, 0.4) is 0 Å². The van der Waals surface area contributed by atoms with Crippen LogP contribution in [0, 0.1) is 15.3 Å². The lowest BCUT2D eigenvalue weighted by atomic mass is 9.97. The molecule has 1 aromatic carbocycles. The number of nitro benzene ring substituents is 1. The molecular weight excluding hydrogens is 278 g/mol. The van der Waals surface area contributed by atoms with E-state index in [1.54, 1.807) is 13.8 Å². The van der Waals surface area contributed by atoms with Crippen LogP contribution >= 0.6 is 0 Å². The summed E-state index contributed by atoms with van der Waals surface area (Å²) in [5.41, 5.74) is -1.96. The summed E-state index contributed by atoms with van der Waals surface area (Å²) in [5.74, 6) is -0.721. The van der Waals surface area contributed by atoms with Crippen LogP contribution in [0.15, 0.2) is 29.4 Å². The quantitative estimate of drug-likeness (QED) is 0.280. The molecule has 1 unspecified atom stereocenters. The molecule has 2 rings (SSSR count). The highest BCUT2D eigenvalue weighted by Crippen LogP contribution is 2.35. The number of hydrogen-bond acceptors (Lipinski definition) is 6. The summed E-state index contributed by atoms with van der Waals surface area (Å²) in [6.45, 7) is 5.02. The first-order valence-electron chi connectivity index (χ1n) is 6.31. The summed E-state index contributed by atoms with van der Waals surface area (Å²) in [6, 6.07) is 4.99. The molecule has 1 atom stereocenters. The Balaban J connectivity index is 2.15. The molecule has 1 heterocycles. The van der Waals surface area contributed by atoms with Gasteiger partial charge < -0.3 is 9.94 Å². The molecule has 21 heavy (non-hydrogen) atoms. The first kappa shape index (κ1) is 14.9. The van der Waals surface area contributed by atoms with Gasteiger partial charge in [-0.05, 0) is 31.1 Å². The highest BCUT2D eigenvalue weighted by atomic mass is 16.6. The fraction of sp³-hybridized carbons (Fsp3) is 0.462. The third kappa shape index (κ3) is 2.99. The molecule has 8 heteroatoms. The lowest BCUT2D eigenvalue weighted by Crippen LogP contribution is -2.39. The average Bonchev–Trinajstić information content (AvgIpc) is 2.57. The van der Waals surface area contributed by atoms with Gasteiger partial charge in [-0.2, -0.15) is 0 Å². The van der Waals surface area contributed by atoms with E-state index in [1.165, 1.54) is 31.2 Å².